The van der Waals surface area contributed by atoms with Gasteiger partial charge in [0, 0.05) is 21.7 Å². The van der Waals surface area contributed by atoms with E-state index in [0.29, 0.717) is 11.5 Å². The zero-order chi connectivity index (χ0) is 21.6. The molecule has 0 spiro atoms. The summed E-state index contributed by atoms with van der Waals surface area (Å²) in [7, 11) is -0.911. The van der Waals surface area contributed by atoms with Crippen LogP contribution < -0.4 is 10.6 Å². The van der Waals surface area contributed by atoms with Gasteiger partial charge in [0.05, 0.1) is 0 Å². The van der Waals surface area contributed by atoms with E-state index >= 15 is 0 Å². The Morgan fingerprint density at radius 2 is 1.00 bits per heavy atom. The van der Waals surface area contributed by atoms with E-state index in [1.165, 1.54) is 0 Å². The molecule has 0 atom stereocenters. The summed E-state index contributed by atoms with van der Waals surface area (Å²) in [5.41, 5.74) is 4.24. The van der Waals surface area contributed by atoms with E-state index in [1.54, 1.807) is 0 Å². The van der Waals surface area contributed by atoms with Crippen LogP contribution in [0.15, 0.2) is 24.3 Å². The van der Waals surface area contributed by atoms with Gasteiger partial charge in [0.25, 0.3) is 0 Å². The number of phenols is 2. The fourth-order valence-electron chi connectivity index (χ4n) is 3.72. The molecule has 0 saturated carbocycles. The van der Waals surface area contributed by atoms with Crippen molar-refractivity contribution in [2.75, 3.05) is 0 Å². The molecular weight excluding hydrogens is 363 g/mol. The zero-order valence-corrected chi connectivity index (χ0v) is 20.1. The van der Waals surface area contributed by atoms with Crippen LogP contribution in [-0.2, 0) is 10.8 Å². The summed E-state index contributed by atoms with van der Waals surface area (Å²) in [6, 6.07) is 8.39. The number of hydrogen-bond donors (Lipinski definition) is 2. The second-order valence-electron chi connectivity index (χ2n) is 10.3. The van der Waals surface area contributed by atoms with Gasteiger partial charge in [0.2, 0.25) is 0 Å². The van der Waals surface area contributed by atoms with Crippen molar-refractivity contribution < 1.29 is 10.2 Å². The highest BCUT2D eigenvalue weighted by Gasteiger charge is 2.30. The number of hydrogen-bond acceptors (Lipinski definition) is 2. The molecule has 2 aromatic rings. The lowest BCUT2D eigenvalue weighted by Gasteiger charge is -2.31. The molecule has 154 valence electrons. The molecule has 0 fully saturated rings. The minimum Gasteiger partial charge on any atom is -0.507 e. The van der Waals surface area contributed by atoms with Crippen LogP contribution >= 0.6 is 7.92 Å². The summed E-state index contributed by atoms with van der Waals surface area (Å²) in [5, 5.41) is 24.4. The van der Waals surface area contributed by atoms with Gasteiger partial charge in [0.1, 0.15) is 11.5 Å². The largest absolute Gasteiger partial charge is 0.507 e. The van der Waals surface area contributed by atoms with Crippen molar-refractivity contribution in [1.82, 2.24) is 0 Å². The lowest BCUT2D eigenvalue weighted by atomic mass is 9.85. The molecule has 0 aliphatic carbocycles. The molecule has 0 amide bonds. The molecule has 28 heavy (non-hydrogen) atoms. The zero-order valence-electron chi connectivity index (χ0n) is 19.2. The summed E-state index contributed by atoms with van der Waals surface area (Å²) >= 11 is 0. The van der Waals surface area contributed by atoms with Crippen molar-refractivity contribution in [2.24, 2.45) is 0 Å². The molecule has 3 heteroatoms. The standard InChI is InChI=1S/C25H37O2P/c1-15(2)28(20-13-16(3)11-18(22(20)26)24(5,6)7)21-14-17(4)12-19(23(21)27)25(8,9)10/h11-15,26-27H,1-10H3. The van der Waals surface area contributed by atoms with Gasteiger partial charge in [0.15, 0.2) is 0 Å². The third-order valence-electron chi connectivity index (χ3n) is 5.12. The highest BCUT2D eigenvalue weighted by Crippen LogP contribution is 2.48. The van der Waals surface area contributed by atoms with Gasteiger partial charge in [-0.15, -0.1) is 0 Å². The Morgan fingerprint density at radius 1 is 0.679 bits per heavy atom. The first-order valence-electron chi connectivity index (χ1n) is 10.1. The first-order valence-corrected chi connectivity index (χ1v) is 11.5. The second-order valence-corrected chi connectivity index (χ2v) is 13.1. The van der Waals surface area contributed by atoms with Gasteiger partial charge < -0.3 is 10.2 Å². The molecule has 2 rings (SSSR count). The van der Waals surface area contributed by atoms with Crippen LogP contribution in [-0.4, -0.2) is 15.9 Å². The smallest absolute Gasteiger partial charge is 0.127 e. The van der Waals surface area contributed by atoms with Crippen molar-refractivity contribution in [3.05, 3.63) is 46.5 Å². The second kappa shape index (κ2) is 7.71. The van der Waals surface area contributed by atoms with E-state index in [0.717, 1.165) is 32.9 Å². The van der Waals surface area contributed by atoms with Crippen LogP contribution in [0.4, 0.5) is 0 Å². The van der Waals surface area contributed by atoms with Crippen molar-refractivity contribution >= 4 is 18.5 Å². The van der Waals surface area contributed by atoms with E-state index in [-0.39, 0.29) is 16.5 Å². The van der Waals surface area contributed by atoms with Gasteiger partial charge in [-0.2, -0.15) is 0 Å². The average molecular weight is 401 g/mol. The third kappa shape index (κ3) is 4.54. The van der Waals surface area contributed by atoms with Crippen molar-refractivity contribution in [1.29, 1.82) is 0 Å². The van der Waals surface area contributed by atoms with Gasteiger partial charge >= 0.3 is 0 Å². The maximum absolute atomic E-state index is 11.3. The summed E-state index contributed by atoms with van der Waals surface area (Å²) in [4.78, 5) is 0. The Hall–Kier alpha value is -1.53. The van der Waals surface area contributed by atoms with E-state index < -0.39 is 7.92 Å². The molecule has 0 unspecified atom stereocenters. The number of rotatable bonds is 3. The maximum Gasteiger partial charge on any atom is 0.127 e. The predicted molar refractivity (Wildman–Crippen MR) is 124 cm³/mol. The number of phenolic OH excluding ortho intramolecular Hbond substituents is 2. The minimum absolute atomic E-state index is 0.145. The van der Waals surface area contributed by atoms with Crippen molar-refractivity contribution in [3.8, 4) is 11.5 Å². The van der Waals surface area contributed by atoms with E-state index in [2.05, 4.69) is 93.5 Å². The minimum atomic E-state index is -0.911. The molecule has 0 bridgehead atoms. The van der Waals surface area contributed by atoms with Gasteiger partial charge in [-0.3, -0.25) is 0 Å². The molecule has 0 aliphatic rings. The van der Waals surface area contributed by atoms with Crippen LogP contribution in [0.25, 0.3) is 0 Å². The lowest BCUT2D eigenvalue weighted by Crippen LogP contribution is -2.24. The third-order valence-corrected chi connectivity index (χ3v) is 7.87. The number of benzene rings is 2. The molecule has 2 N–H and O–H groups in total. The number of aryl methyl sites for hydroxylation is 2. The molecule has 0 saturated heterocycles. The molecule has 0 heterocycles. The molecular formula is C25H37O2P. The Labute approximate surface area is 172 Å². The van der Waals surface area contributed by atoms with E-state index in [1.807, 2.05) is 0 Å². The summed E-state index contributed by atoms with van der Waals surface area (Å²) < 4.78 is 0. The molecule has 0 radical (unpaired) electrons. The molecule has 2 nitrogen and oxygen atoms in total. The lowest BCUT2D eigenvalue weighted by molar-refractivity contribution is 0.450. The van der Waals surface area contributed by atoms with Crippen LogP contribution in [0.3, 0.4) is 0 Å². The van der Waals surface area contributed by atoms with Crippen LogP contribution in [0.5, 0.6) is 11.5 Å². The highest BCUT2D eigenvalue weighted by molar-refractivity contribution is 7.74. The predicted octanol–water partition coefficient (Wildman–Crippen LogP) is 6.15. The van der Waals surface area contributed by atoms with E-state index in [9.17, 15) is 10.2 Å². The highest BCUT2D eigenvalue weighted by atomic mass is 31.1. The first kappa shape index (κ1) is 22.8. The average Bonchev–Trinajstić information content (AvgIpc) is 2.51. The normalized spacial score (nSPS) is 12.9. The topological polar surface area (TPSA) is 40.5 Å². The van der Waals surface area contributed by atoms with Crippen LogP contribution in [0.2, 0.25) is 0 Å². The van der Waals surface area contributed by atoms with Crippen molar-refractivity contribution in [2.45, 2.75) is 85.7 Å². The van der Waals surface area contributed by atoms with E-state index in [4.69, 9.17) is 0 Å². The Balaban J connectivity index is 2.84. The van der Waals surface area contributed by atoms with Crippen LogP contribution in [0, 0.1) is 13.8 Å². The molecule has 2 aromatic carbocycles. The van der Waals surface area contributed by atoms with Crippen molar-refractivity contribution in [3.63, 3.8) is 0 Å². The molecule has 0 aromatic heterocycles. The number of aromatic hydroxyl groups is 2. The SMILES string of the molecule is Cc1cc(P(c2cc(C)cc(C(C)(C)C)c2O)C(C)C)c(O)c(C(C)(C)C)c1. The van der Waals surface area contributed by atoms with Gasteiger partial charge in [-0.25, -0.2) is 0 Å². The summed E-state index contributed by atoms with van der Waals surface area (Å²) in [6.07, 6.45) is 0. The Bertz CT molecular complexity index is 798. The Kier molecular flexibility index (Phi) is 6.27. The van der Waals surface area contributed by atoms with Gasteiger partial charge in [-0.1, -0.05) is 67.5 Å². The summed E-state index contributed by atoms with van der Waals surface area (Å²) in [6.45, 7) is 21.3. The van der Waals surface area contributed by atoms with Crippen LogP contribution in [0.1, 0.15) is 77.6 Å². The molecule has 0 aliphatic heterocycles. The quantitative estimate of drug-likeness (QED) is 0.607. The first-order chi connectivity index (χ1) is 12.6. The summed E-state index contributed by atoms with van der Waals surface area (Å²) in [5.74, 6) is 0.771. The Morgan fingerprint density at radius 3 is 1.25 bits per heavy atom. The fraction of sp³-hybridized carbons (Fsp3) is 0.520. The fourth-order valence-corrected chi connectivity index (χ4v) is 6.47. The van der Waals surface area contributed by atoms with Gasteiger partial charge in [-0.05, 0) is 61.5 Å². The monoisotopic (exact) mass is 400 g/mol. The maximum atomic E-state index is 11.3.